The van der Waals surface area contributed by atoms with E-state index in [0.717, 1.165) is 19.4 Å². The van der Waals surface area contributed by atoms with Crippen LogP contribution in [0.1, 0.15) is 12.8 Å². The lowest BCUT2D eigenvalue weighted by molar-refractivity contribution is -0.114. The quantitative estimate of drug-likeness (QED) is 0.808. The van der Waals surface area contributed by atoms with E-state index in [1.807, 2.05) is 12.1 Å². The zero-order chi connectivity index (χ0) is 17.5. The summed E-state index contributed by atoms with van der Waals surface area (Å²) in [6.45, 7) is 1.19. The first-order valence-electron chi connectivity index (χ1n) is 8.34. The molecule has 5 nitrogen and oxygen atoms in total. The smallest absolute Gasteiger partial charge is 0.243 e. The van der Waals surface area contributed by atoms with Crippen LogP contribution >= 0.6 is 0 Å². The Morgan fingerprint density at radius 2 is 1.92 bits per heavy atom. The number of hydrogen-bond acceptors (Lipinski definition) is 4. The third-order valence-electron chi connectivity index (χ3n) is 3.92. The highest BCUT2D eigenvalue weighted by Crippen LogP contribution is 2.25. The number of ether oxygens (including phenoxy) is 2. The summed E-state index contributed by atoms with van der Waals surface area (Å²) in [4.78, 5) is 12.1. The molecule has 1 saturated heterocycles. The molecule has 132 valence electrons. The molecule has 0 aromatic heterocycles. The van der Waals surface area contributed by atoms with E-state index in [2.05, 4.69) is 10.6 Å². The van der Waals surface area contributed by atoms with Crippen LogP contribution in [-0.2, 0) is 9.53 Å². The van der Waals surface area contributed by atoms with Crippen LogP contribution in [0.25, 0.3) is 0 Å². The summed E-state index contributed by atoms with van der Waals surface area (Å²) in [5, 5.41) is 5.57. The van der Waals surface area contributed by atoms with Crippen LogP contribution in [0, 0.1) is 5.82 Å². The first kappa shape index (κ1) is 17.2. The number of amides is 1. The second-order valence-electron chi connectivity index (χ2n) is 5.82. The molecule has 0 radical (unpaired) electrons. The number of carbonyl (C=O) groups excluding carboxylic acids is 1. The molecular weight excluding hydrogens is 323 g/mol. The summed E-state index contributed by atoms with van der Waals surface area (Å²) in [5.41, 5.74) is 0.876. The van der Waals surface area contributed by atoms with E-state index in [4.69, 9.17) is 9.47 Å². The predicted molar refractivity (Wildman–Crippen MR) is 94.4 cm³/mol. The number of benzene rings is 2. The molecule has 0 aliphatic carbocycles. The van der Waals surface area contributed by atoms with Crippen LogP contribution in [-0.4, -0.2) is 31.8 Å². The summed E-state index contributed by atoms with van der Waals surface area (Å²) in [7, 11) is 0. The van der Waals surface area contributed by atoms with E-state index in [1.165, 1.54) is 6.07 Å². The lowest BCUT2D eigenvalue weighted by Crippen LogP contribution is -2.23. The van der Waals surface area contributed by atoms with Gasteiger partial charge in [-0.15, -0.1) is 0 Å². The predicted octanol–water partition coefficient (Wildman–Crippen LogP) is 3.43. The first-order chi connectivity index (χ1) is 12.2. The van der Waals surface area contributed by atoms with E-state index in [9.17, 15) is 9.18 Å². The molecule has 3 rings (SSSR count). The van der Waals surface area contributed by atoms with Gasteiger partial charge in [0.15, 0.2) is 0 Å². The Morgan fingerprint density at radius 1 is 1.16 bits per heavy atom. The van der Waals surface area contributed by atoms with Gasteiger partial charge in [0.05, 0.1) is 24.0 Å². The van der Waals surface area contributed by atoms with E-state index in [-0.39, 0.29) is 18.6 Å². The van der Waals surface area contributed by atoms with Gasteiger partial charge in [0.1, 0.15) is 18.2 Å². The Kier molecular flexibility index (Phi) is 5.85. The van der Waals surface area contributed by atoms with Gasteiger partial charge in [-0.3, -0.25) is 4.79 Å². The van der Waals surface area contributed by atoms with Crippen LogP contribution in [0.2, 0.25) is 0 Å². The van der Waals surface area contributed by atoms with Crippen LogP contribution in [0.4, 0.5) is 15.8 Å². The molecule has 25 heavy (non-hydrogen) atoms. The molecule has 1 aliphatic rings. The van der Waals surface area contributed by atoms with Crippen LogP contribution < -0.4 is 15.4 Å². The SMILES string of the molecule is O=C(CNc1ccccc1F)Nc1ccccc1OCC1CCCO1. The zero-order valence-corrected chi connectivity index (χ0v) is 13.8. The van der Waals surface area contributed by atoms with E-state index in [0.29, 0.717) is 23.7 Å². The van der Waals surface area contributed by atoms with Crippen molar-refractivity contribution < 1.29 is 18.7 Å². The fourth-order valence-corrected chi connectivity index (χ4v) is 2.63. The van der Waals surface area contributed by atoms with Crippen molar-refractivity contribution >= 4 is 17.3 Å². The molecule has 1 unspecified atom stereocenters. The maximum Gasteiger partial charge on any atom is 0.243 e. The maximum absolute atomic E-state index is 13.6. The Morgan fingerprint density at radius 3 is 2.68 bits per heavy atom. The Hall–Kier alpha value is -2.60. The van der Waals surface area contributed by atoms with Gasteiger partial charge in [-0.2, -0.15) is 0 Å². The minimum atomic E-state index is -0.393. The van der Waals surface area contributed by atoms with Gasteiger partial charge in [0, 0.05) is 6.61 Å². The highest BCUT2D eigenvalue weighted by atomic mass is 19.1. The molecule has 1 heterocycles. The molecule has 1 aliphatic heterocycles. The molecule has 1 atom stereocenters. The number of para-hydroxylation sites is 3. The Bertz CT molecular complexity index is 717. The highest BCUT2D eigenvalue weighted by Gasteiger charge is 2.17. The molecule has 0 saturated carbocycles. The average molecular weight is 344 g/mol. The number of rotatable bonds is 7. The number of halogens is 1. The van der Waals surface area contributed by atoms with Gasteiger partial charge < -0.3 is 20.1 Å². The molecule has 6 heteroatoms. The van der Waals surface area contributed by atoms with Gasteiger partial charge in [-0.05, 0) is 37.1 Å². The van der Waals surface area contributed by atoms with Gasteiger partial charge in [-0.1, -0.05) is 24.3 Å². The summed E-state index contributed by atoms with van der Waals surface area (Å²) < 4.78 is 24.9. The zero-order valence-electron chi connectivity index (χ0n) is 13.8. The summed E-state index contributed by atoms with van der Waals surface area (Å²) in [6.07, 6.45) is 2.14. The number of hydrogen-bond donors (Lipinski definition) is 2. The molecule has 0 spiro atoms. The number of anilines is 2. The lowest BCUT2D eigenvalue weighted by Gasteiger charge is -2.15. The monoisotopic (exact) mass is 344 g/mol. The standard InChI is InChI=1S/C19H21FN2O3/c20-15-7-1-2-8-16(15)21-12-19(23)22-17-9-3-4-10-18(17)25-13-14-6-5-11-24-14/h1-4,7-10,14,21H,5-6,11-13H2,(H,22,23). The van der Waals surface area contributed by atoms with Crippen molar-refractivity contribution in [1.82, 2.24) is 0 Å². The largest absolute Gasteiger partial charge is 0.489 e. The molecule has 0 bridgehead atoms. The molecular formula is C19H21FN2O3. The van der Waals surface area contributed by atoms with Crippen molar-refractivity contribution in [3.8, 4) is 5.75 Å². The van der Waals surface area contributed by atoms with Crippen LogP contribution in [0.15, 0.2) is 48.5 Å². The van der Waals surface area contributed by atoms with Gasteiger partial charge >= 0.3 is 0 Å². The maximum atomic E-state index is 13.6. The number of nitrogens with one attached hydrogen (secondary N) is 2. The molecule has 1 amide bonds. The third-order valence-corrected chi connectivity index (χ3v) is 3.92. The fourth-order valence-electron chi connectivity index (χ4n) is 2.63. The van der Waals surface area contributed by atoms with Crippen molar-refractivity contribution in [3.63, 3.8) is 0 Å². The molecule has 1 fully saturated rings. The van der Waals surface area contributed by atoms with Crippen LogP contribution in [0.3, 0.4) is 0 Å². The average Bonchev–Trinajstić information content (AvgIpc) is 3.14. The van der Waals surface area contributed by atoms with Crippen LogP contribution in [0.5, 0.6) is 5.75 Å². The van der Waals surface area contributed by atoms with Gasteiger partial charge in [-0.25, -0.2) is 4.39 Å². The second-order valence-corrected chi connectivity index (χ2v) is 5.82. The summed E-state index contributed by atoms with van der Waals surface area (Å²) in [5.74, 6) is -0.0794. The summed E-state index contributed by atoms with van der Waals surface area (Å²) >= 11 is 0. The van der Waals surface area contributed by atoms with E-state index in [1.54, 1.807) is 30.3 Å². The molecule has 2 N–H and O–H groups in total. The number of carbonyl (C=O) groups is 1. The van der Waals surface area contributed by atoms with Crippen molar-refractivity contribution in [1.29, 1.82) is 0 Å². The minimum Gasteiger partial charge on any atom is -0.489 e. The molecule has 2 aromatic rings. The van der Waals surface area contributed by atoms with Crippen molar-refractivity contribution in [3.05, 3.63) is 54.3 Å². The fraction of sp³-hybridized carbons (Fsp3) is 0.316. The van der Waals surface area contributed by atoms with Gasteiger partial charge in [0.2, 0.25) is 5.91 Å². The normalized spacial score (nSPS) is 16.4. The first-order valence-corrected chi connectivity index (χ1v) is 8.34. The van der Waals surface area contributed by atoms with Crippen molar-refractivity contribution in [2.75, 3.05) is 30.4 Å². The van der Waals surface area contributed by atoms with Gasteiger partial charge in [0.25, 0.3) is 0 Å². The minimum absolute atomic E-state index is 0.0407. The Balaban J connectivity index is 1.54. The van der Waals surface area contributed by atoms with E-state index < -0.39 is 5.82 Å². The highest BCUT2D eigenvalue weighted by molar-refractivity contribution is 5.95. The topological polar surface area (TPSA) is 59.6 Å². The summed E-state index contributed by atoms with van der Waals surface area (Å²) in [6, 6.07) is 13.5. The second kappa shape index (κ2) is 8.48. The molecule has 2 aromatic carbocycles. The van der Waals surface area contributed by atoms with E-state index >= 15 is 0 Å². The third kappa shape index (κ3) is 4.93. The Labute approximate surface area is 146 Å². The lowest BCUT2D eigenvalue weighted by atomic mass is 10.2. The van der Waals surface area contributed by atoms with Crippen molar-refractivity contribution in [2.45, 2.75) is 18.9 Å². The van der Waals surface area contributed by atoms with Crippen molar-refractivity contribution in [2.24, 2.45) is 0 Å².